The molecule has 0 spiro atoms. The van der Waals surface area contributed by atoms with E-state index in [1.54, 1.807) is 36.1 Å². The van der Waals surface area contributed by atoms with Gasteiger partial charge in [-0.3, -0.25) is 14.4 Å². The molecule has 4 saturated carbocycles. The quantitative estimate of drug-likeness (QED) is 0.404. The molecule has 1 aromatic carbocycles. The van der Waals surface area contributed by atoms with Crippen molar-refractivity contribution in [1.82, 2.24) is 4.90 Å². The van der Waals surface area contributed by atoms with E-state index in [2.05, 4.69) is 0 Å². The van der Waals surface area contributed by atoms with E-state index in [0.717, 1.165) is 19.3 Å². The maximum Gasteiger partial charge on any atom is 0.338 e. The van der Waals surface area contributed by atoms with E-state index < -0.39 is 17.6 Å². The molecule has 1 unspecified atom stereocenters. The average molecular weight is 495 g/mol. The van der Waals surface area contributed by atoms with E-state index in [0.29, 0.717) is 35.4 Å². The van der Waals surface area contributed by atoms with Crippen LogP contribution >= 0.6 is 0 Å². The summed E-state index contributed by atoms with van der Waals surface area (Å²) in [5.74, 6) is 0.802. The molecule has 4 bridgehead atoms. The highest BCUT2D eigenvalue weighted by molar-refractivity contribution is 6.23. The van der Waals surface area contributed by atoms with Crippen molar-refractivity contribution in [3.63, 3.8) is 0 Å². The smallest absolute Gasteiger partial charge is 0.338 e. The molecular weight excluding hydrogens is 456 g/mol. The summed E-state index contributed by atoms with van der Waals surface area (Å²) in [6, 6.07) is 5.52. The number of ether oxygens (including phenoxy) is 1. The lowest BCUT2D eigenvalue weighted by Gasteiger charge is -2.58. The first kappa shape index (κ1) is 25.0. The van der Waals surface area contributed by atoms with E-state index in [-0.39, 0.29) is 36.2 Å². The molecule has 0 aromatic heterocycles. The molecule has 0 radical (unpaired) electrons. The molecule has 1 saturated heterocycles. The molecule has 5 fully saturated rings. The first-order valence-corrected chi connectivity index (χ1v) is 13.6. The van der Waals surface area contributed by atoms with E-state index in [9.17, 15) is 19.2 Å². The fraction of sp³-hybridized carbons (Fsp3) is 0.655. The first-order valence-electron chi connectivity index (χ1n) is 13.6. The normalized spacial score (nSPS) is 31.2. The summed E-state index contributed by atoms with van der Waals surface area (Å²) in [4.78, 5) is 56.4. The van der Waals surface area contributed by atoms with Crippen molar-refractivity contribution in [3.8, 4) is 0 Å². The van der Waals surface area contributed by atoms with Crippen molar-refractivity contribution in [1.29, 1.82) is 0 Å². The molecular formula is C29H38N2O5. The maximum absolute atomic E-state index is 14.5. The Morgan fingerprint density at radius 3 is 2.06 bits per heavy atom. The van der Waals surface area contributed by atoms with Gasteiger partial charge in [-0.1, -0.05) is 6.92 Å². The SMILES string of the molecule is CCOC(=O)c1ccc(N2C(=O)CC(N(C(=O)C34CC5CC(CC(C5)C3)C4)C(C)(C)CC)C2=O)cc1. The molecule has 1 aliphatic heterocycles. The Morgan fingerprint density at radius 1 is 1.00 bits per heavy atom. The van der Waals surface area contributed by atoms with Crippen LogP contribution in [-0.4, -0.2) is 46.8 Å². The second-order valence-electron chi connectivity index (χ2n) is 12.1. The van der Waals surface area contributed by atoms with Crippen molar-refractivity contribution < 1.29 is 23.9 Å². The summed E-state index contributed by atoms with van der Waals surface area (Å²) in [5.41, 5.74) is -0.164. The van der Waals surface area contributed by atoms with Gasteiger partial charge in [0.05, 0.1) is 29.7 Å². The Labute approximate surface area is 213 Å². The van der Waals surface area contributed by atoms with Crippen LogP contribution in [-0.2, 0) is 19.1 Å². The molecule has 1 aromatic rings. The van der Waals surface area contributed by atoms with E-state index in [1.165, 1.54) is 24.2 Å². The minimum Gasteiger partial charge on any atom is -0.462 e. The van der Waals surface area contributed by atoms with Crippen LogP contribution in [0.3, 0.4) is 0 Å². The second kappa shape index (κ2) is 9.00. The monoisotopic (exact) mass is 494 g/mol. The summed E-state index contributed by atoms with van der Waals surface area (Å²) < 4.78 is 5.03. The molecule has 1 heterocycles. The van der Waals surface area contributed by atoms with E-state index in [4.69, 9.17) is 4.74 Å². The van der Waals surface area contributed by atoms with Gasteiger partial charge in [-0.05, 0) is 108 Å². The fourth-order valence-corrected chi connectivity index (χ4v) is 7.69. The molecule has 4 aliphatic carbocycles. The Kier molecular flexibility index (Phi) is 6.24. The highest BCUT2D eigenvalue weighted by Crippen LogP contribution is 2.61. The molecule has 5 aliphatic rings. The zero-order chi connectivity index (χ0) is 25.8. The van der Waals surface area contributed by atoms with Crippen LogP contribution in [0.5, 0.6) is 0 Å². The highest BCUT2D eigenvalue weighted by atomic mass is 16.5. The lowest BCUT2D eigenvalue weighted by molar-refractivity contribution is -0.168. The molecule has 194 valence electrons. The number of rotatable bonds is 7. The summed E-state index contributed by atoms with van der Waals surface area (Å²) in [5, 5.41) is 0. The standard InChI is InChI=1S/C29H38N2O5/c1-5-28(3,4)31(27(35)29-15-18-11-19(16-29)13-20(12-18)17-29)23-14-24(32)30(25(23)33)22-9-7-21(8-10-22)26(34)36-6-2/h7-10,18-20,23H,5-6,11-17H2,1-4H3. The van der Waals surface area contributed by atoms with Gasteiger partial charge < -0.3 is 9.64 Å². The summed E-state index contributed by atoms with van der Waals surface area (Å²) in [7, 11) is 0. The van der Waals surface area contributed by atoms with Crippen LogP contribution in [0.25, 0.3) is 0 Å². The fourth-order valence-electron chi connectivity index (χ4n) is 7.69. The Morgan fingerprint density at radius 2 is 1.56 bits per heavy atom. The van der Waals surface area contributed by atoms with Gasteiger partial charge >= 0.3 is 5.97 Å². The third-order valence-corrected chi connectivity index (χ3v) is 9.30. The second-order valence-corrected chi connectivity index (χ2v) is 12.1. The van der Waals surface area contributed by atoms with Gasteiger partial charge in [0.2, 0.25) is 11.8 Å². The minimum atomic E-state index is -0.808. The van der Waals surface area contributed by atoms with Gasteiger partial charge in [-0.25, -0.2) is 9.69 Å². The molecule has 3 amide bonds. The number of imide groups is 1. The Hall–Kier alpha value is -2.70. The number of nitrogens with zero attached hydrogens (tertiary/aromatic N) is 2. The van der Waals surface area contributed by atoms with Gasteiger partial charge in [0.15, 0.2) is 0 Å². The van der Waals surface area contributed by atoms with Crippen LogP contribution in [0.15, 0.2) is 24.3 Å². The topological polar surface area (TPSA) is 84.0 Å². The number of amides is 3. The number of hydrogen-bond acceptors (Lipinski definition) is 5. The predicted octanol–water partition coefficient (Wildman–Crippen LogP) is 4.73. The van der Waals surface area contributed by atoms with E-state index in [1.807, 2.05) is 20.8 Å². The highest BCUT2D eigenvalue weighted by Gasteiger charge is 2.59. The van der Waals surface area contributed by atoms with Crippen molar-refractivity contribution in [3.05, 3.63) is 29.8 Å². The third-order valence-electron chi connectivity index (χ3n) is 9.30. The van der Waals surface area contributed by atoms with Gasteiger partial charge in [-0.2, -0.15) is 0 Å². The average Bonchev–Trinajstić information content (AvgIpc) is 3.11. The minimum absolute atomic E-state index is 0.0139. The van der Waals surface area contributed by atoms with Crippen LogP contribution in [0.1, 0.15) is 89.4 Å². The van der Waals surface area contributed by atoms with Crippen LogP contribution in [0.2, 0.25) is 0 Å². The number of carbonyl (C=O) groups excluding carboxylic acids is 4. The van der Waals surface area contributed by atoms with Gasteiger partial charge in [0.1, 0.15) is 6.04 Å². The number of benzene rings is 1. The number of carbonyl (C=O) groups is 4. The molecule has 7 heteroatoms. The zero-order valence-corrected chi connectivity index (χ0v) is 21.9. The lowest BCUT2D eigenvalue weighted by Crippen LogP contribution is -2.62. The van der Waals surface area contributed by atoms with Crippen molar-refractivity contribution >= 4 is 29.4 Å². The summed E-state index contributed by atoms with van der Waals surface area (Å²) >= 11 is 0. The Balaban J connectivity index is 1.44. The van der Waals surface area contributed by atoms with Crippen LogP contribution in [0.4, 0.5) is 5.69 Å². The zero-order valence-electron chi connectivity index (χ0n) is 21.9. The van der Waals surface area contributed by atoms with Crippen LogP contribution < -0.4 is 4.90 Å². The third kappa shape index (κ3) is 4.04. The molecule has 1 atom stereocenters. The molecule has 0 N–H and O–H groups in total. The summed E-state index contributed by atoms with van der Waals surface area (Å²) in [6.45, 7) is 8.07. The van der Waals surface area contributed by atoms with Crippen molar-refractivity contribution in [2.75, 3.05) is 11.5 Å². The lowest BCUT2D eigenvalue weighted by atomic mass is 9.49. The number of hydrogen-bond donors (Lipinski definition) is 0. The summed E-state index contributed by atoms with van der Waals surface area (Å²) in [6.07, 6.45) is 7.14. The first-order chi connectivity index (χ1) is 17.1. The molecule has 6 rings (SSSR count). The van der Waals surface area contributed by atoms with Crippen LogP contribution in [0, 0.1) is 23.2 Å². The van der Waals surface area contributed by atoms with Gasteiger partial charge in [0.25, 0.3) is 5.91 Å². The van der Waals surface area contributed by atoms with Gasteiger partial charge in [0, 0.05) is 5.54 Å². The molecule has 7 nitrogen and oxygen atoms in total. The van der Waals surface area contributed by atoms with Crippen molar-refractivity contribution in [2.45, 2.75) is 90.6 Å². The number of anilines is 1. The molecule has 36 heavy (non-hydrogen) atoms. The largest absolute Gasteiger partial charge is 0.462 e. The maximum atomic E-state index is 14.5. The number of esters is 1. The van der Waals surface area contributed by atoms with E-state index >= 15 is 0 Å². The Bertz CT molecular complexity index is 1040. The predicted molar refractivity (Wildman–Crippen MR) is 135 cm³/mol. The van der Waals surface area contributed by atoms with Crippen molar-refractivity contribution in [2.24, 2.45) is 23.2 Å². The van der Waals surface area contributed by atoms with Gasteiger partial charge in [-0.15, -0.1) is 0 Å².